The molecule has 0 aromatic heterocycles. The third kappa shape index (κ3) is 3.57. The molecule has 0 fully saturated rings. The zero-order chi connectivity index (χ0) is 14.7. The van der Waals surface area contributed by atoms with Gasteiger partial charge in [-0.1, -0.05) is 22.0 Å². The number of aromatic carboxylic acids is 1. The van der Waals surface area contributed by atoms with Gasteiger partial charge in [0.15, 0.2) is 0 Å². The molecular formula is C15H13BrFNO2. The van der Waals surface area contributed by atoms with Gasteiger partial charge in [0.25, 0.3) is 0 Å². The van der Waals surface area contributed by atoms with Crippen LogP contribution in [0, 0.1) is 12.7 Å². The number of hydrogen-bond acceptors (Lipinski definition) is 2. The maximum atomic E-state index is 13.5. The van der Waals surface area contributed by atoms with Crippen molar-refractivity contribution in [1.82, 2.24) is 0 Å². The third-order valence-corrected chi connectivity index (χ3v) is 3.26. The predicted molar refractivity (Wildman–Crippen MR) is 79.6 cm³/mol. The lowest BCUT2D eigenvalue weighted by Crippen LogP contribution is -2.04. The minimum Gasteiger partial charge on any atom is -0.478 e. The molecular weight excluding hydrogens is 325 g/mol. The highest BCUT2D eigenvalue weighted by Gasteiger charge is 2.10. The fourth-order valence-electron chi connectivity index (χ4n) is 1.88. The van der Waals surface area contributed by atoms with Crippen molar-refractivity contribution in [3.63, 3.8) is 0 Å². The molecule has 0 spiro atoms. The number of halogens is 2. The summed E-state index contributed by atoms with van der Waals surface area (Å²) in [6, 6.07) is 10.0. The molecule has 5 heteroatoms. The topological polar surface area (TPSA) is 49.3 Å². The molecule has 104 valence electrons. The summed E-state index contributed by atoms with van der Waals surface area (Å²) in [6.45, 7) is 2.41. The number of rotatable bonds is 4. The van der Waals surface area contributed by atoms with Gasteiger partial charge >= 0.3 is 5.97 Å². The van der Waals surface area contributed by atoms with Crippen molar-refractivity contribution in [1.29, 1.82) is 0 Å². The maximum Gasteiger partial charge on any atom is 0.338 e. The first kappa shape index (κ1) is 14.5. The van der Waals surface area contributed by atoms with Crippen molar-refractivity contribution in [3.05, 3.63) is 63.4 Å². The largest absolute Gasteiger partial charge is 0.478 e. The van der Waals surface area contributed by atoms with Crippen LogP contribution < -0.4 is 5.32 Å². The number of carboxylic acids is 1. The van der Waals surface area contributed by atoms with Gasteiger partial charge in [0.2, 0.25) is 0 Å². The van der Waals surface area contributed by atoms with Gasteiger partial charge in [-0.3, -0.25) is 0 Å². The Hall–Kier alpha value is -1.88. The molecule has 20 heavy (non-hydrogen) atoms. The van der Waals surface area contributed by atoms with Crippen molar-refractivity contribution >= 4 is 27.6 Å². The minimum absolute atomic E-state index is 0.313. The minimum atomic E-state index is -1.26. The lowest BCUT2D eigenvalue weighted by atomic mass is 10.1. The summed E-state index contributed by atoms with van der Waals surface area (Å²) in [5.41, 5.74) is 2.39. The second kappa shape index (κ2) is 6.05. The molecule has 3 nitrogen and oxygen atoms in total. The Morgan fingerprint density at radius 3 is 2.65 bits per heavy atom. The molecule has 2 rings (SSSR count). The molecule has 0 heterocycles. The number of hydrogen-bond donors (Lipinski definition) is 2. The number of carboxylic acid groups (broad SMARTS) is 1. The predicted octanol–water partition coefficient (Wildman–Crippen LogP) is 4.21. The lowest BCUT2D eigenvalue weighted by Gasteiger charge is -2.09. The Kier molecular flexibility index (Phi) is 4.39. The second-order valence-corrected chi connectivity index (χ2v) is 5.41. The fourth-order valence-corrected chi connectivity index (χ4v) is 2.49. The second-order valence-electron chi connectivity index (χ2n) is 4.49. The highest BCUT2D eigenvalue weighted by molar-refractivity contribution is 9.10. The summed E-state index contributed by atoms with van der Waals surface area (Å²) in [4.78, 5) is 10.7. The van der Waals surface area contributed by atoms with Crippen LogP contribution in [-0.2, 0) is 6.54 Å². The molecule has 0 saturated carbocycles. The Labute approximate surface area is 124 Å². The molecule has 0 unspecified atom stereocenters. The van der Waals surface area contributed by atoms with Crippen LogP contribution in [0.25, 0.3) is 0 Å². The van der Waals surface area contributed by atoms with Crippen LogP contribution in [0.2, 0.25) is 0 Å². The van der Waals surface area contributed by atoms with Gasteiger partial charge in [0.1, 0.15) is 5.82 Å². The van der Waals surface area contributed by atoms with Crippen molar-refractivity contribution in [2.45, 2.75) is 13.5 Å². The van der Waals surface area contributed by atoms with Crippen molar-refractivity contribution in [2.75, 3.05) is 5.32 Å². The van der Waals surface area contributed by atoms with Crippen molar-refractivity contribution < 1.29 is 14.3 Å². The number of carbonyl (C=O) groups is 1. The van der Waals surface area contributed by atoms with E-state index in [-0.39, 0.29) is 5.56 Å². The Balaban J connectivity index is 2.11. The molecule has 0 aliphatic rings. The molecule has 0 amide bonds. The zero-order valence-corrected chi connectivity index (χ0v) is 12.4. The summed E-state index contributed by atoms with van der Waals surface area (Å²) in [5, 5.41) is 11.9. The standard InChI is InChI=1S/C15H13BrFNO2/c1-9-4-11(16)7-12(5-9)18-8-10-2-3-13(15(19)20)14(17)6-10/h2-7,18H,8H2,1H3,(H,19,20). The molecule has 0 atom stereocenters. The molecule has 0 aliphatic heterocycles. The van der Waals surface area contributed by atoms with Gasteiger partial charge in [-0.2, -0.15) is 0 Å². The zero-order valence-electron chi connectivity index (χ0n) is 10.8. The highest BCUT2D eigenvalue weighted by atomic mass is 79.9. The average Bonchev–Trinajstić information content (AvgIpc) is 2.35. The van der Waals surface area contributed by atoms with Crippen LogP contribution in [0.4, 0.5) is 10.1 Å². The summed E-state index contributed by atoms with van der Waals surface area (Å²) in [7, 11) is 0. The summed E-state index contributed by atoms with van der Waals surface area (Å²) in [6.07, 6.45) is 0. The summed E-state index contributed by atoms with van der Waals surface area (Å²) >= 11 is 3.41. The summed E-state index contributed by atoms with van der Waals surface area (Å²) < 4.78 is 14.5. The Morgan fingerprint density at radius 1 is 1.30 bits per heavy atom. The molecule has 0 aliphatic carbocycles. The fraction of sp³-hybridized carbons (Fsp3) is 0.133. The number of benzene rings is 2. The monoisotopic (exact) mass is 337 g/mol. The maximum absolute atomic E-state index is 13.5. The Morgan fingerprint density at radius 2 is 2.05 bits per heavy atom. The van der Waals surface area contributed by atoms with E-state index in [9.17, 15) is 9.18 Å². The van der Waals surface area contributed by atoms with Crippen molar-refractivity contribution in [2.24, 2.45) is 0 Å². The average molecular weight is 338 g/mol. The van der Waals surface area contributed by atoms with E-state index >= 15 is 0 Å². The van der Waals surface area contributed by atoms with Crippen LogP contribution in [0.3, 0.4) is 0 Å². The van der Waals surface area contributed by atoms with E-state index in [4.69, 9.17) is 5.11 Å². The van der Waals surface area contributed by atoms with E-state index in [0.29, 0.717) is 12.1 Å². The van der Waals surface area contributed by atoms with Crippen LogP contribution >= 0.6 is 15.9 Å². The Bertz CT molecular complexity index is 638. The third-order valence-electron chi connectivity index (χ3n) is 2.80. The van der Waals surface area contributed by atoms with Crippen LogP contribution in [0.15, 0.2) is 40.9 Å². The van der Waals surface area contributed by atoms with E-state index in [1.807, 2.05) is 25.1 Å². The van der Waals surface area contributed by atoms with Gasteiger partial charge in [-0.15, -0.1) is 0 Å². The van der Waals surface area contributed by atoms with E-state index < -0.39 is 11.8 Å². The molecule has 0 bridgehead atoms. The first-order valence-corrected chi connectivity index (χ1v) is 6.78. The van der Waals surface area contributed by atoms with Crippen LogP contribution in [0.1, 0.15) is 21.5 Å². The van der Waals surface area contributed by atoms with E-state index in [1.165, 1.54) is 12.1 Å². The molecule has 0 radical (unpaired) electrons. The van der Waals surface area contributed by atoms with Gasteiger partial charge in [0.05, 0.1) is 5.56 Å². The smallest absolute Gasteiger partial charge is 0.338 e. The number of nitrogens with one attached hydrogen (secondary N) is 1. The van der Waals surface area contributed by atoms with E-state index in [2.05, 4.69) is 21.2 Å². The van der Waals surface area contributed by atoms with E-state index in [1.54, 1.807) is 6.07 Å². The first-order chi connectivity index (χ1) is 9.45. The molecule has 0 saturated heterocycles. The van der Waals surface area contributed by atoms with Gasteiger partial charge in [0, 0.05) is 16.7 Å². The normalized spacial score (nSPS) is 10.3. The quantitative estimate of drug-likeness (QED) is 0.878. The van der Waals surface area contributed by atoms with Gasteiger partial charge in [-0.05, 0) is 48.4 Å². The first-order valence-electron chi connectivity index (χ1n) is 5.98. The van der Waals surface area contributed by atoms with Gasteiger partial charge < -0.3 is 10.4 Å². The number of aryl methyl sites for hydroxylation is 1. The molecule has 2 aromatic carbocycles. The van der Waals surface area contributed by atoms with Gasteiger partial charge in [-0.25, -0.2) is 9.18 Å². The van der Waals surface area contributed by atoms with Crippen LogP contribution in [-0.4, -0.2) is 11.1 Å². The number of anilines is 1. The molecule has 2 aromatic rings. The highest BCUT2D eigenvalue weighted by Crippen LogP contribution is 2.20. The van der Waals surface area contributed by atoms with Crippen molar-refractivity contribution in [3.8, 4) is 0 Å². The summed E-state index contributed by atoms with van der Waals surface area (Å²) in [5.74, 6) is -1.98. The van der Waals surface area contributed by atoms with E-state index in [0.717, 1.165) is 15.7 Å². The van der Waals surface area contributed by atoms with Crippen LogP contribution in [0.5, 0.6) is 0 Å². The SMILES string of the molecule is Cc1cc(Br)cc(NCc2ccc(C(=O)O)c(F)c2)c1. The molecule has 2 N–H and O–H groups in total. The lowest BCUT2D eigenvalue weighted by molar-refractivity contribution is 0.0692.